The number of rotatable bonds is 5. The van der Waals surface area contributed by atoms with Crippen LogP contribution in [0.15, 0.2) is 59.6 Å². The van der Waals surface area contributed by atoms with Crippen LogP contribution in [0.2, 0.25) is 0 Å². The molecule has 0 radical (unpaired) electrons. The Morgan fingerprint density at radius 3 is 2.83 bits per heavy atom. The fraction of sp³-hybridized carbons (Fsp3) is 0.440. The minimum absolute atomic E-state index is 0.0469. The van der Waals surface area contributed by atoms with Crippen molar-refractivity contribution in [2.45, 2.75) is 52.9 Å². The Morgan fingerprint density at radius 1 is 1.24 bits per heavy atom. The van der Waals surface area contributed by atoms with Crippen LogP contribution in [0.5, 0.6) is 0 Å². The van der Waals surface area contributed by atoms with Crippen molar-refractivity contribution in [2.75, 3.05) is 18.0 Å². The SMILES string of the molecule is C=C(/C=C\C(=C/C)c1cc(=O)n2cc(N3CCCCC(C)CC3)ccc2n1)CC. The van der Waals surface area contributed by atoms with Gasteiger partial charge in [-0.3, -0.25) is 9.20 Å². The van der Waals surface area contributed by atoms with E-state index in [-0.39, 0.29) is 5.56 Å². The molecule has 1 saturated heterocycles. The first kappa shape index (κ1) is 21.1. The number of hydrogen-bond acceptors (Lipinski definition) is 3. The molecule has 2 aromatic rings. The fourth-order valence-corrected chi connectivity index (χ4v) is 3.77. The van der Waals surface area contributed by atoms with Crippen LogP contribution in [0.1, 0.15) is 58.6 Å². The van der Waals surface area contributed by atoms with Crippen molar-refractivity contribution in [1.82, 2.24) is 9.38 Å². The smallest absolute Gasteiger partial charge is 0.258 e. The standard InChI is InChI=1S/C25H33N3O/c1-5-19(3)10-11-21(6-2)23-17-25(29)28-18-22(12-13-24(28)26-23)27-15-8-7-9-20(4)14-16-27/h6,10-13,17-18,20H,3,5,7-9,14-16H2,1-2,4H3/b11-10-,21-6+. The summed E-state index contributed by atoms with van der Waals surface area (Å²) in [6, 6.07) is 5.69. The molecule has 1 aliphatic heterocycles. The Kier molecular flexibility index (Phi) is 7.08. The predicted octanol–water partition coefficient (Wildman–Crippen LogP) is 5.64. The highest BCUT2D eigenvalue weighted by Gasteiger charge is 2.14. The summed E-state index contributed by atoms with van der Waals surface area (Å²) in [5, 5.41) is 0. The largest absolute Gasteiger partial charge is 0.370 e. The molecular formula is C25H33N3O. The van der Waals surface area contributed by atoms with Crippen LogP contribution in [0.25, 0.3) is 11.2 Å². The molecule has 0 aromatic carbocycles. The first-order chi connectivity index (χ1) is 14.0. The molecule has 29 heavy (non-hydrogen) atoms. The zero-order valence-electron chi connectivity index (χ0n) is 18.0. The monoisotopic (exact) mass is 391 g/mol. The molecule has 0 aliphatic carbocycles. The second kappa shape index (κ2) is 9.73. The van der Waals surface area contributed by atoms with Crippen LogP contribution in [0, 0.1) is 5.92 Å². The van der Waals surface area contributed by atoms with Gasteiger partial charge in [0, 0.05) is 25.4 Å². The molecule has 1 atom stereocenters. The maximum absolute atomic E-state index is 12.9. The van der Waals surface area contributed by atoms with Crippen molar-refractivity contribution in [3.63, 3.8) is 0 Å². The first-order valence-electron chi connectivity index (χ1n) is 10.8. The van der Waals surface area contributed by atoms with Crippen molar-refractivity contribution in [2.24, 2.45) is 5.92 Å². The molecule has 0 saturated carbocycles. The van der Waals surface area contributed by atoms with Crippen LogP contribution in [-0.2, 0) is 0 Å². The molecule has 1 aliphatic rings. The Labute approximate surface area is 174 Å². The van der Waals surface area contributed by atoms with Gasteiger partial charge in [0.2, 0.25) is 0 Å². The molecule has 0 amide bonds. The second-order valence-electron chi connectivity index (χ2n) is 8.06. The normalized spacial score (nSPS) is 18.8. The maximum atomic E-state index is 12.9. The lowest BCUT2D eigenvalue weighted by Crippen LogP contribution is -2.29. The summed E-state index contributed by atoms with van der Waals surface area (Å²) in [5.41, 5.74) is 4.42. The van der Waals surface area contributed by atoms with Crippen LogP contribution >= 0.6 is 0 Å². The summed E-state index contributed by atoms with van der Waals surface area (Å²) in [6.45, 7) is 12.5. The van der Waals surface area contributed by atoms with E-state index in [1.165, 1.54) is 25.7 Å². The van der Waals surface area contributed by atoms with E-state index in [1.54, 1.807) is 10.5 Å². The van der Waals surface area contributed by atoms with Gasteiger partial charge < -0.3 is 4.90 Å². The van der Waals surface area contributed by atoms with Gasteiger partial charge in [0.15, 0.2) is 0 Å². The topological polar surface area (TPSA) is 37.6 Å². The van der Waals surface area contributed by atoms with Gasteiger partial charge in [-0.25, -0.2) is 4.98 Å². The van der Waals surface area contributed by atoms with Gasteiger partial charge >= 0.3 is 0 Å². The molecule has 0 spiro atoms. The van der Waals surface area contributed by atoms with E-state index in [2.05, 4.69) is 31.4 Å². The lowest BCUT2D eigenvalue weighted by molar-refractivity contribution is 0.438. The number of pyridine rings is 1. The molecule has 1 fully saturated rings. The van der Waals surface area contributed by atoms with Gasteiger partial charge in [0.25, 0.3) is 5.56 Å². The Bertz CT molecular complexity index is 983. The molecule has 4 heteroatoms. The number of hydrogen-bond donors (Lipinski definition) is 0. The lowest BCUT2D eigenvalue weighted by Gasteiger charge is -2.29. The van der Waals surface area contributed by atoms with Gasteiger partial charge in [-0.15, -0.1) is 0 Å². The summed E-state index contributed by atoms with van der Waals surface area (Å²) < 4.78 is 1.67. The number of allylic oxidation sites excluding steroid dienone is 5. The Morgan fingerprint density at radius 2 is 2.07 bits per heavy atom. The molecule has 0 bridgehead atoms. The molecule has 0 N–H and O–H groups in total. The van der Waals surface area contributed by atoms with Crippen LogP contribution < -0.4 is 10.5 Å². The van der Waals surface area contributed by atoms with Crippen LogP contribution in [-0.4, -0.2) is 22.5 Å². The molecular weight excluding hydrogens is 358 g/mol. The summed E-state index contributed by atoms with van der Waals surface area (Å²) in [5.74, 6) is 0.765. The number of nitrogens with zero attached hydrogens (tertiary/aromatic N) is 3. The quantitative estimate of drug-likeness (QED) is 0.619. The number of fused-ring (bicyclic) bond motifs is 1. The van der Waals surface area contributed by atoms with Gasteiger partial charge in [-0.05, 0) is 49.8 Å². The molecule has 3 heterocycles. The highest BCUT2D eigenvalue weighted by Crippen LogP contribution is 2.22. The molecule has 154 valence electrons. The zero-order chi connectivity index (χ0) is 20.8. The van der Waals surface area contributed by atoms with E-state index in [0.29, 0.717) is 11.3 Å². The van der Waals surface area contributed by atoms with E-state index < -0.39 is 0 Å². The third-order valence-electron chi connectivity index (χ3n) is 5.84. The van der Waals surface area contributed by atoms with Crippen LogP contribution in [0.3, 0.4) is 0 Å². The molecule has 1 unspecified atom stereocenters. The summed E-state index contributed by atoms with van der Waals surface area (Å²) in [6.07, 6.45) is 13.8. The molecule has 3 rings (SSSR count). The Hall–Kier alpha value is -2.62. The van der Waals surface area contributed by atoms with Gasteiger partial charge in [-0.2, -0.15) is 0 Å². The highest BCUT2D eigenvalue weighted by molar-refractivity contribution is 5.73. The maximum Gasteiger partial charge on any atom is 0.258 e. The Balaban J connectivity index is 1.92. The molecule has 4 nitrogen and oxygen atoms in total. The summed E-state index contributed by atoms with van der Waals surface area (Å²) >= 11 is 0. The summed E-state index contributed by atoms with van der Waals surface area (Å²) in [4.78, 5) is 20.0. The lowest BCUT2D eigenvalue weighted by atomic mass is 9.98. The van der Waals surface area contributed by atoms with Gasteiger partial charge in [0.05, 0.1) is 11.4 Å². The average Bonchev–Trinajstić information content (AvgIpc) is 2.71. The van der Waals surface area contributed by atoms with E-state index in [0.717, 1.165) is 42.3 Å². The zero-order valence-corrected chi connectivity index (χ0v) is 18.0. The third kappa shape index (κ3) is 5.26. The second-order valence-corrected chi connectivity index (χ2v) is 8.06. The van der Waals surface area contributed by atoms with Crippen molar-refractivity contribution < 1.29 is 0 Å². The van der Waals surface area contributed by atoms with Crippen molar-refractivity contribution in [3.05, 3.63) is 70.8 Å². The number of anilines is 1. The summed E-state index contributed by atoms with van der Waals surface area (Å²) in [7, 11) is 0. The van der Waals surface area contributed by atoms with Gasteiger partial charge in [0.1, 0.15) is 5.65 Å². The van der Waals surface area contributed by atoms with E-state index in [1.807, 2.05) is 37.4 Å². The minimum Gasteiger partial charge on any atom is -0.370 e. The van der Waals surface area contributed by atoms with Crippen molar-refractivity contribution >= 4 is 16.9 Å². The third-order valence-corrected chi connectivity index (χ3v) is 5.84. The van der Waals surface area contributed by atoms with Crippen LogP contribution in [0.4, 0.5) is 5.69 Å². The van der Waals surface area contributed by atoms with Gasteiger partial charge in [-0.1, -0.05) is 57.1 Å². The van der Waals surface area contributed by atoms with Crippen molar-refractivity contribution in [3.8, 4) is 0 Å². The van der Waals surface area contributed by atoms with E-state index in [4.69, 9.17) is 4.98 Å². The first-order valence-corrected chi connectivity index (χ1v) is 10.8. The highest BCUT2D eigenvalue weighted by atomic mass is 16.1. The number of aromatic nitrogens is 2. The average molecular weight is 392 g/mol. The predicted molar refractivity (Wildman–Crippen MR) is 124 cm³/mol. The van der Waals surface area contributed by atoms with Crippen molar-refractivity contribution in [1.29, 1.82) is 0 Å². The minimum atomic E-state index is -0.0469. The van der Waals surface area contributed by atoms with E-state index >= 15 is 0 Å². The molecule has 2 aromatic heterocycles. The van der Waals surface area contributed by atoms with E-state index in [9.17, 15) is 4.79 Å². The fourth-order valence-electron chi connectivity index (χ4n) is 3.77.